The largest absolute Gasteiger partial charge is 0.477 e. The first-order valence-corrected chi connectivity index (χ1v) is 6.02. The van der Waals surface area contributed by atoms with Gasteiger partial charge < -0.3 is 9.67 Å². The molecule has 0 atom stereocenters. The number of carboxylic acids is 1. The molecule has 20 heavy (non-hydrogen) atoms. The van der Waals surface area contributed by atoms with Gasteiger partial charge in [0.1, 0.15) is 5.69 Å². The van der Waals surface area contributed by atoms with Gasteiger partial charge in [-0.3, -0.25) is 9.36 Å². The zero-order chi connectivity index (χ0) is 14.7. The lowest BCUT2D eigenvalue weighted by Gasteiger charge is -2.08. The van der Waals surface area contributed by atoms with Gasteiger partial charge in [0.2, 0.25) is 0 Å². The van der Waals surface area contributed by atoms with Gasteiger partial charge in [-0.1, -0.05) is 6.07 Å². The van der Waals surface area contributed by atoms with Crippen LogP contribution >= 0.6 is 0 Å². The van der Waals surface area contributed by atoms with E-state index in [9.17, 15) is 14.4 Å². The molecule has 0 bridgehead atoms. The fourth-order valence-electron chi connectivity index (χ4n) is 1.79. The maximum atomic E-state index is 12.0. The van der Waals surface area contributed by atoms with Gasteiger partial charge >= 0.3 is 11.7 Å². The minimum Gasteiger partial charge on any atom is -0.477 e. The number of aryl methyl sites for hydroxylation is 1. The molecule has 7 heteroatoms. The zero-order valence-corrected chi connectivity index (χ0v) is 10.8. The number of carboxylic acid groups (broad SMARTS) is 1. The van der Waals surface area contributed by atoms with Crippen LogP contribution in [0, 0.1) is 0 Å². The van der Waals surface area contributed by atoms with Crippen molar-refractivity contribution in [1.82, 2.24) is 14.1 Å². The molecule has 0 saturated heterocycles. The molecule has 0 aliphatic carbocycles. The highest BCUT2D eigenvalue weighted by atomic mass is 16.4. The Morgan fingerprint density at radius 1 is 1.30 bits per heavy atom. The van der Waals surface area contributed by atoms with Gasteiger partial charge in [-0.05, 0) is 19.1 Å². The van der Waals surface area contributed by atoms with Crippen LogP contribution in [-0.4, -0.2) is 25.2 Å². The smallest absolute Gasteiger partial charge is 0.354 e. The van der Waals surface area contributed by atoms with Crippen LogP contribution in [0.2, 0.25) is 0 Å². The molecule has 2 aromatic heterocycles. The second kappa shape index (κ2) is 5.52. The number of hydrogen-bond donors (Lipinski definition) is 1. The Morgan fingerprint density at radius 3 is 2.70 bits per heavy atom. The van der Waals surface area contributed by atoms with E-state index in [4.69, 9.17) is 5.11 Å². The summed E-state index contributed by atoms with van der Waals surface area (Å²) in [5.41, 5.74) is -0.662. The van der Waals surface area contributed by atoms with E-state index < -0.39 is 17.2 Å². The lowest BCUT2D eigenvalue weighted by atomic mass is 10.3. The lowest BCUT2D eigenvalue weighted by Crippen LogP contribution is -2.39. The standard InChI is InChI=1S/C13H13N3O4/c1-2-15-7-6-11(17)16(13(15)20)8-9-4-3-5-10(14-9)12(18)19/h3-7H,2,8H2,1H3,(H,18,19). The van der Waals surface area contributed by atoms with E-state index in [0.29, 0.717) is 12.2 Å². The third-order valence-electron chi connectivity index (χ3n) is 2.83. The van der Waals surface area contributed by atoms with E-state index in [1.54, 1.807) is 13.0 Å². The summed E-state index contributed by atoms with van der Waals surface area (Å²) in [6.45, 7) is 2.18. The van der Waals surface area contributed by atoms with Crippen molar-refractivity contribution in [2.45, 2.75) is 20.0 Å². The fraction of sp³-hybridized carbons (Fsp3) is 0.231. The molecule has 0 radical (unpaired) electrons. The second-order valence-electron chi connectivity index (χ2n) is 4.13. The van der Waals surface area contributed by atoms with Gasteiger partial charge in [-0.25, -0.2) is 14.6 Å². The van der Waals surface area contributed by atoms with E-state index in [1.807, 2.05) is 0 Å². The fourth-order valence-corrected chi connectivity index (χ4v) is 1.79. The van der Waals surface area contributed by atoms with Crippen LogP contribution in [-0.2, 0) is 13.1 Å². The molecular formula is C13H13N3O4. The first-order chi connectivity index (χ1) is 9.52. The van der Waals surface area contributed by atoms with Crippen molar-refractivity contribution in [1.29, 1.82) is 0 Å². The molecule has 1 N–H and O–H groups in total. The van der Waals surface area contributed by atoms with Crippen molar-refractivity contribution in [3.8, 4) is 0 Å². The number of rotatable bonds is 4. The molecule has 0 aromatic carbocycles. The summed E-state index contributed by atoms with van der Waals surface area (Å²) < 4.78 is 2.42. The Hall–Kier alpha value is -2.70. The average Bonchev–Trinajstić information content (AvgIpc) is 2.44. The van der Waals surface area contributed by atoms with Crippen LogP contribution in [0.1, 0.15) is 23.1 Å². The maximum Gasteiger partial charge on any atom is 0.354 e. The summed E-state index contributed by atoms with van der Waals surface area (Å²) in [7, 11) is 0. The minimum absolute atomic E-state index is 0.0559. The topological polar surface area (TPSA) is 94.2 Å². The molecule has 0 aliphatic heterocycles. The quantitative estimate of drug-likeness (QED) is 0.858. The Labute approximate surface area is 113 Å². The molecule has 0 fully saturated rings. The molecule has 2 heterocycles. The molecular weight excluding hydrogens is 262 g/mol. The van der Waals surface area contributed by atoms with Crippen LogP contribution in [0.25, 0.3) is 0 Å². The number of hydrogen-bond acceptors (Lipinski definition) is 4. The van der Waals surface area contributed by atoms with Crippen LogP contribution in [0.5, 0.6) is 0 Å². The highest BCUT2D eigenvalue weighted by Gasteiger charge is 2.09. The van der Waals surface area contributed by atoms with Crippen molar-refractivity contribution in [3.63, 3.8) is 0 Å². The van der Waals surface area contributed by atoms with Gasteiger partial charge in [0, 0.05) is 18.8 Å². The predicted molar refractivity (Wildman–Crippen MR) is 70.9 cm³/mol. The molecule has 7 nitrogen and oxygen atoms in total. The summed E-state index contributed by atoms with van der Waals surface area (Å²) in [5.74, 6) is -1.15. The number of aromatic nitrogens is 3. The summed E-state index contributed by atoms with van der Waals surface area (Å²) in [6.07, 6.45) is 1.43. The van der Waals surface area contributed by atoms with Crippen molar-refractivity contribution >= 4 is 5.97 Å². The van der Waals surface area contributed by atoms with Gasteiger partial charge in [-0.15, -0.1) is 0 Å². The second-order valence-corrected chi connectivity index (χ2v) is 4.13. The molecule has 0 spiro atoms. The Kier molecular flexibility index (Phi) is 3.79. The molecule has 104 valence electrons. The van der Waals surface area contributed by atoms with Crippen LogP contribution in [0.15, 0.2) is 40.1 Å². The first-order valence-electron chi connectivity index (χ1n) is 6.02. The normalized spacial score (nSPS) is 10.4. The Balaban J connectivity index is 2.45. The SMILES string of the molecule is CCn1ccc(=O)n(Cc2cccc(C(=O)O)n2)c1=O. The maximum absolute atomic E-state index is 12.0. The summed E-state index contributed by atoms with van der Waals surface area (Å²) in [4.78, 5) is 38.5. The zero-order valence-electron chi connectivity index (χ0n) is 10.8. The van der Waals surface area contributed by atoms with Crippen molar-refractivity contribution in [2.75, 3.05) is 0 Å². The first kappa shape index (κ1) is 13.7. The summed E-state index contributed by atoms with van der Waals surface area (Å²) in [5, 5.41) is 8.87. The molecule has 0 aliphatic rings. The van der Waals surface area contributed by atoms with Crippen LogP contribution in [0.4, 0.5) is 0 Å². The van der Waals surface area contributed by atoms with E-state index >= 15 is 0 Å². The third-order valence-corrected chi connectivity index (χ3v) is 2.83. The predicted octanol–water partition coefficient (Wildman–Crippen LogP) is 0.171. The number of carbonyl (C=O) groups is 1. The highest BCUT2D eigenvalue weighted by molar-refractivity contribution is 5.85. The number of aromatic carboxylic acids is 1. The van der Waals surface area contributed by atoms with Gasteiger partial charge in [0.15, 0.2) is 0 Å². The van der Waals surface area contributed by atoms with Crippen LogP contribution < -0.4 is 11.2 Å². The van der Waals surface area contributed by atoms with Crippen molar-refractivity contribution in [3.05, 3.63) is 62.7 Å². The lowest BCUT2D eigenvalue weighted by molar-refractivity contribution is 0.0690. The Morgan fingerprint density at radius 2 is 2.05 bits per heavy atom. The monoisotopic (exact) mass is 275 g/mol. The Bertz CT molecular complexity index is 761. The van der Waals surface area contributed by atoms with Crippen molar-refractivity contribution < 1.29 is 9.90 Å². The van der Waals surface area contributed by atoms with E-state index in [1.165, 1.54) is 29.0 Å². The number of nitrogens with zero attached hydrogens (tertiary/aromatic N) is 3. The summed E-state index contributed by atoms with van der Waals surface area (Å²) in [6, 6.07) is 5.75. The minimum atomic E-state index is -1.15. The average molecular weight is 275 g/mol. The van der Waals surface area contributed by atoms with E-state index in [0.717, 1.165) is 4.57 Å². The molecule has 2 aromatic rings. The highest BCUT2D eigenvalue weighted by Crippen LogP contribution is 2.00. The van der Waals surface area contributed by atoms with Crippen molar-refractivity contribution in [2.24, 2.45) is 0 Å². The van der Waals surface area contributed by atoms with E-state index in [2.05, 4.69) is 4.98 Å². The third kappa shape index (κ3) is 2.66. The van der Waals surface area contributed by atoms with Gasteiger partial charge in [0.25, 0.3) is 5.56 Å². The van der Waals surface area contributed by atoms with Gasteiger partial charge in [0.05, 0.1) is 12.2 Å². The number of pyridine rings is 1. The molecule has 0 saturated carbocycles. The van der Waals surface area contributed by atoms with E-state index in [-0.39, 0.29) is 12.2 Å². The molecule has 0 amide bonds. The van der Waals surface area contributed by atoms with Gasteiger partial charge in [-0.2, -0.15) is 0 Å². The molecule has 0 unspecified atom stereocenters. The molecule has 2 rings (SSSR count). The summed E-state index contributed by atoms with van der Waals surface area (Å²) >= 11 is 0. The van der Waals surface area contributed by atoms with Crippen LogP contribution in [0.3, 0.4) is 0 Å².